The number of hydrogen-bond donors (Lipinski definition) is 2. The molecule has 5 nitrogen and oxygen atoms in total. The number of rotatable bonds is 3. The van der Waals surface area contributed by atoms with Gasteiger partial charge in [-0.15, -0.1) is 0 Å². The Kier molecular flexibility index (Phi) is 5.47. The minimum absolute atomic E-state index is 0.133. The van der Waals surface area contributed by atoms with Crippen LogP contribution in [0.3, 0.4) is 0 Å². The maximum Gasteiger partial charge on any atom is 0.310 e. The first kappa shape index (κ1) is 13.5. The molecule has 2 amide bonds. The summed E-state index contributed by atoms with van der Waals surface area (Å²) in [5.41, 5.74) is 0. The number of hydrogen-bond acceptors (Lipinski definition) is 3. The highest BCUT2D eigenvalue weighted by atomic mass is 16.2. The van der Waals surface area contributed by atoms with Crippen LogP contribution in [0.4, 0.5) is 0 Å². The van der Waals surface area contributed by atoms with E-state index >= 15 is 0 Å². The molecule has 94 valence electrons. The van der Waals surface area contributed by atoms with Gasteiger partial charge in [-0.3, -0.25) is 9.59 Å². The van der Waals surface area contributed by atoms with Crippen molar-refractivity contribution >= 4 is 11.8 Å². The van der Waals surface area contributed by atoms with E-state index in [-0.39, 0.29) is 6.54 Å². The monoisotopic (exact) mass is 237 g/mol. The smallest absolute Gasteiger partial charge is 0.310 e. The van der Waals surface area contributed by atoms with Crippen molar-refractivity contribution in [1.29, 1.82) is 5.26 Å². The Morgan fingerprint density at radius 1 is 1.24 bits per heavy atom. The third-order valence-electron chi connectivity index (χ3n) is 3.35. The molecule has 1 aliphatic carbocycles. The Bertz CT molecular complexity index is 322. The van der Waals surface area contributed by atoms with Crippen LogP contribution in [0.1, 0.15) is 32.6 Å². The van der Waals surface area contributed by atoms with Crippen molar-refractivity contribution in [2.24, 2.45) is 11.8 Å². The molecule has 0 bridgehead atoms. The lowest BCUT2D eigenvalue weighted by atomic mass is 9.80. The number of amides is 2. The van der Waals surface area contributed by atoms with E-state index in [9.17, 15) is 9.59 Å². The zero-order chi connectivity index (χ0) is 12.7. The Morgan fingerprint density at radius 3 is 2.53 bits per heavy atom. The van der Waals surface area contributed by atoms with Gasteiger partial charge in [0.05, 0.1) is 6.07 Å². The van der Waals surface area contributed by atoms with Gasteiger partial charge >= 0.3 is 11.8 Å². The fourth-order valence-corrected chi connectivity index (χ4v) is 2.20. The minimum Gasteiger partial charge on any atom is -0.348 e. The van der Waals surface area contributed by atoms with E-state index < -0.39 is 11.8 Å². The van der Waals surface area contributed by atoms with E-state index in [1.165, 1.54) is 19.3 Å². The second kappa shape index (κ2) is 6.89. The lowest BCUT2D eigenvalue weighted by Crippen LogP contribution is -2.42. The molecule has 2 unspecified atom stereocenters. The summed E-state index contributed by atoms with van der Waals surface area (Å²) in [5, 5.41) is 13.1. The van der Waals surface area contributed by atoms with Gasteiger partial charge in [0.1, 0.15) is 6.54 Å². The molecule has 2 N–H and O–H groups in total. The summed E-state index contributed by atoms with van der Waals surface area (Å²) in [5.74, 6) is -0.296. The maximum absolute atomic E-state index is 11.4. The molecule has 1 saturated carbocycles. The van der Waals surface area contributed by atoms with Crippen LogP contribution in [0.25, 0.3) is 0 Å². The van der Waals surface area contributed by atoms with Crippen LogP contribution in [-0.2, 0) is 9.59 Å². The van der Waals surface area contributed by atoms with E-state index in [1.807, 2.05) is 0 Å². The van der Waals surface area contributed by atoms with Crippen LogP contribution in [0.15, 0.2) is 0 Å². The fourth-order valence-electron chi connectivity index (χ4n) is 2.20. The summed E-state index contributed by atoms with van der Waals surface area (Å²) in [4.78, 5) is 22.5. The van der Waals surface area contributed by atoms with Crippen molar-refractivity contribution in [2.75, 3.05) is 13.1 Å². The standard InChI is InChI=1S/C12H19N3O2/c1-9-4-2-3-5-10(9)8-15-12(17)11(16)14-7-6-13/h9-10H,2-5,7-8H2,1H3,(H,14,16)(H,15,17). The van der Waals surface area contributed by atoms with Crippen molar-refractivity contribution < 1.29 is 9.59 Å². The van der Waals surface area contributed by atoms with Crippen molar-refractivity contribution in [1.82, 2.24) is 10.6 Å². The van der Waals surface area contributed by atoms with Gasteiger partial charge in [0.15, 0.2) is 0 Å². The van der Waals surface area contributed by atoms with Crippen LogP contribution < -0.4 is 10.6 Å². The molecule has 17 heavy (non-hydrogen) atoms. The Balaban J connectivity index is 2.27. The first-order valence-corrected chi connectivity index (χ1v) is 6.08. The average Bonchev–Trinajstić information content (AvgIpc) is 2.34. The first-order chi connectivity index (χ1) is 8.15. The van der Waals surface area contributed by atoms with Gasteiger partial charge in [-0.2, -0.15) is 5.26 Å². The number of nitriles is 1. The number of nitrogens with one attached hydrogen (secondary N) is 2. The molecule has 0 saturated heterocycles. The lowest BCUT2D eigenvalue weighted by molar-refractivity contribution is -0.139. The van der Waals surface area contributed by atoms with Crippen LogP contribution in [0.2, 0.25) is 0 Å². The molecule has 5 heteroatoms. The van der Waals surface area contributed by atoms with Crippen LogP contribution >= 0.6 is 0 Å². The fraction of sp³-hybridized carbons (Fsp3) is 0.750. The zero-order valence-electron chi connectivity index (χ0n) is 10.2. The molecule has 0 radical (unpaired) electrons. The molecule has 0 aromatic rings. The van der Waals surface area contributed by atoms with Gasteiger partial charge in [0.25, 0.3) is 0 Å². The summed E-state index contributed by atoms with van der Waals surface area (Å²) in [6.45, 7) is 2.61. The summed E-state index contributed by atoms with van der Waals surface area (Å²) in [6, 6.07) is 1.75. The molecule has 2 atom stereocenters. The second-order valence-corrected chi connectivity index (χ2v) is 4.57. The van der Waals surface area contributed by atoms with E-state index in [0.717, 1.165) is 6.42 Å². The average molecular weight is 237 g/mol. The molecule has 1 fully saturated rings. The largest absolute Gasteiger partial charge is 0.348 e. The third-order valence-corrected chi connectivity index (χ3v) is 3.35. The van der Waals surface area contributed by atoms with E-state index in [1.54, 1.807) is 6.07 Å². The lowest BCUT2D eigenvalue weighted by Gasteiger charge is -2.28. The predicted octanol–water partition coefficient (Wildman–Crippen LogP) is 0.569. The molecule has 0 spiro atoms. The molecule has 0 aliphatic heterocycles. The van der Waals surface area contributed by atoms with Crippen LogP contribution in [0.5, 0.6) is 0 Å². The Labute approximate surface area is 102 Å². The van der Waals surface area contributed by atoms with E-state index in [2.05, 4.69) is 17.6 Å². The summed E-state index contributed by atoms with van der Waals surface area (Å²) >= 11 is 0. The maximum atomic E-state index is 11.4. The molecular formula is C12H19N3O2. The predicted molar refractivity (Wildman–Crippen MR) is 62.8 cm³/mol. The van der Waals surface area contributed by atoms with Crippen molar-refractivity contribution in [3.63, 3.8) is 0 Å². The highest BCUT2D eigenvalue weighted by molar-refractivity contribution is 6.35. The van der Waals surface area contributed by atoms with Gasteiger partial charge < -0.3 is 10.6 Å². The third kappa shape index (κ3) is 4.43. The molecule has 1 rings (SSSR count). The minimum atomic E-state index is -0.727. The number of carbonyl (C=O) groups excluding carboxylic acids is 2. The molecule has 1 aliphatic rings. The normalized spacial score (nSPS) is 23.5. The van der Waals surface area contributed by atoms with Crippen LogP contribution in [-0.4, -0.2) is 24.9 Å². The van der Waals surface area contributed by atoms with Gasteiger partial charge in [-0.1, -0.05) is 26.2 Å². The van der Waals surface area contributed by atoms with Gasteiger partial charge in [-0.25, -0.2) is 0 Å². The highest BCUT2D eigenvalue weighted by Gasteiger charge is 2.22. The van der Waals surface area contributed by atoms with E-state index in [0.29, 0.717) is 18.4 Å². The van der Waals surface area contributed by atoms with E-state index in [4.69, 9.17) is 5.26 Å². The van der Waals surface area contributed by atoms with Gasteiger partial charge in [0.2, 0.25) is 0 Å². The molecule has 0 heterocycles. The zero-order valence-corrected chi connectivity index (χ0v) is 10.2. The topological polar surface area (TPSA) is 82.0 Å². The van der Waals surface area contributed by atoms with Crippen molar-refractivity contribution in [3.8, 4) is 6.07 Å². The summed E-state index contributed by atoms with van der Waals surface area (Å²) in [6.07, 6.45) is 4.77. The number of nitrogens with zero attached hydrogens (tertiary/aromatic N) is 1. The number of carbonyl (C=O) groups is 2. The second-order valence-electron chi connectivity index (χ2n) is 4.57. The molecule has 0 aromatic carbocycles. The SMILES string of the molecule is CC1CCCCC1CNC(=O)C(=O)NCC#N. The van der Waals surface area contributed by atoms with Crippen molar-refractivity contribution in [2.45, 2.75) is 32.6 Å². The summed E-state index contributed by atoms with van der Waals surface area (Å²) < 4.78 is 0. The van der Waals surface area contributed by atoms with Gasteiger partial charge in [-0.05, 0) is 18.3 Å². The quantitative estimate of drug-likeness (QED) is 0.556. The highest BCUT2D eigenvalue weighted by Crippen LogP contribution is 2.28. The van der Waals surface area contributed by atoms with Gasteiger partial charge in [0, 0.05) is 6.54 Å². The van der Waals surface area contributed by atoms with Crippen molar-refractivity contribution in [3.05, 3.63) is 0 Å². The molecular weight excluding hydrogens is 218 g/mol. The van der Waals surface area contributed by atoms with Crippen LogP contribution in [0, 0.1) is 23.2 Å². The summed E-state index contributed by atoms with van der Waals surface area (Å²) in [7, 11) is 0. The Morgan fingerprint density at radius 2 is 1.88 bits per heavy atom. The Hall–Kier alpha value is -1.57. The first-order valence-electron chi connectivity index (χ1n) is 6.08. The molecule has 0 aromatic heterocycles.